The van der Waals surface area contributed by atoms with Crippen LogP contribution in [0.1, 0.15) is 25.8 Å². The van der Waals surface area contributed by atoms with Gasteiger partial charge in [0.15, 0.2) is 0 Å². The molecule has 2 rings (SSSR count). The SMILES string of the molecule is Cc1cccc(N2CC(C)(C)NC(=O)C2CCO)c1. The number of aliphatic hydroxyl groups is 1. The van der Waals surface area contributed by atoms with Gasteiger partial charge in [0.2, 0.25) is 5.91 Å². The van der Waals surface area contributed by atoms with Crippen LogP contribution in [0.3, 0.4) is 0 Å². The van der Waals surface area contributed by atoms with Gasteiger partial charge >= 0.3 is 0 Å². The summed E-state index contributed by atoms with van der Waals surface area (Å²) in [4.78, 5) is 14.3. The van der Waals surface area contributed by atoms with Gasteiger partial charge in [-0.15, -0.1) is 0 Å². The van der Waals surface area contributed by atoms with Crippen LogP contribution >= 0.6 is 0 Å². The average Bonchev–Trinajstić information content (AvgIpc) is 2.31. The molecule has 0 bridgehead atoms. The first-order valence-corrected chi connectivity index (χ1v) is 6.69. The summed E-state index contributed by atoms with van der Waals surface area (Å²) in [6.45, 7) is 6.83. The van der Waals surface area contributed by atoms with E-state index in [0.717, 1.165) is 12.2 Å². The van der Waals surface area contributed by atoms with Gasteiger partial charge < -0.3 is 15.3 Å². The van der Waals surface area contributed by atoms with Crippen LogP contribution in [0.2, 0.25) is 0 Å². The molecule has 1 heterocycles. The highest BCUT2D eigenvalue weighted by molar-refractivity contribution is 5.87. The van der Waals surface area contributed by atoms with Gasteiger partial charge in [-0.2, -0.15) is 0 Å². The summed E-state index contributed by atoms with van der Waals surface area (Å²) in [6, 6.07) is 7.85. The van der Waals surface area contributed by atoms with Gasteiger partial charge in [-0.3, -0.25) is 4.79 Å². The van der Waals surface area contributed by atoms with E-state index >= 15 is 0 Å². The first-order chi connectivity index (χ1) is 8.93. The van der Waals surface area contributed by atoms with E-state index in [-0.39, 0.29) is 24.1 Å². The van der Waals surface area contributed by atoms with Crippen LogP contribution in [0.4, 0.5) is 5.69 Å². The third-order valence-electron chi connectivity index (χ3n) is 3.44. The number of carbonyl (C=O) groups is 1. The maximum atomic E-state index is 12.2. The van der Waals surface area contributed by atoms with E-state index in [0.29, 0.717) is 6.42 Å². The maximum Gasteiger partial charge on any atom is 0.243 e. The molecule has 1 aromatic rings. The number of hydrogen-bond acceptors (Lipinski definition) is 3. The van der Waals surface area contributed by atoms with Gasteiger partial charge in [-0.05, 0) is 44.9 Å². The van der Waals surface area contributed by atoms with Crippen molar-refractivity contribution in [3.63, 3.8) is 0 Å². The Labute approximate surface area is 114 Å². The number of nitrogens with zero attached hydrogens (tertiary/aromatic N) is 1. The highest BCUT2D eigenvalue weighted by atomic mass is 16.3. The molecule has 0 aromatic heterocycles. The van der Waals surface area contributed by atoms with Gasteiger partial charge in [0.25, 0.3) is 0 Å². The molecule has 4 heteroatoms. The fourth-order valence-electron chi connectivity index (χ4n) is 2.62. The van der Waals surface area contributed by atoms with Gasteiger partial charge in [0.1, 0.15) is 6.04 Å². The minimum Gasteiger partial charge on any atom is -0.396 e. The molecule has 0 aliphatic carbocycles. The summed E-state index contributed by atoms with van der Waals surface area (Å²) in [6.07, 6.45) is 0.454. The Morgan fingerprint density at radius 2 is 2.21 bits per heavy atom. The molecule has 1 fully saturated rings. The molecule has 19 heavy (non-hydrogen) atoms. The van der Waals surface area contributed by atoms with Crippen LogP contribution < -0.4 is 10.2 Å². The summed E-state index contributed by atoms with van der Waals surface area (Å²) in [5.74, 6) is -0.00759. The van der Waals surface area contributed by atoms with Crippen molar-refractivity contribution in [3.8, 4) is 0 Å². The Hall–Kier alpha value is -1.55. The molecule has 1 unspecified atom stereocenters. The summed E-state index contributed by atoms with van der Waals surface area (Å²) in [5, 5.41) is 12.2. The van der Waals surface area contributed by atoms with Crippen molar-refractivity contribution >= 4 is 11.6 Å². The van der Waals surface area contributed by atoms with Crippen molar-refractivity contribution in [2.75, 3.05) is 18.1 Å². The molecule has 1 aromatic carbocycles. The second kappa shape index (κ2) is 5.21. The largest absolute Gasteiger partial charge is 0.396 e. The Kier molecular flexibility index (Phi) is 3.80. The lowest BCUT2D eigenvalue weighted by Gasteiger charge is -2.45. The van der Waals surface area contributed by atoms with Crippen molar-refractivity contribution in [1.82, 2.24) is 5.32 Å². The van der Waals surface area contributed by atoms with Gasteiger partial charge in [-0.25, -0.2) is 0 Å². The molecular formula is C15H22N2O2. The number of aryl methyl sites for hydroxylation is 1. The second-order valence-electron chi connectivity index (χ2n) is 5.87. The third-order valence-corrected chi connectivity index (χ3v) is 3.44. The lowest BCUT2D eigenvalue weighted by molar-refractivity contribution is -0.125. The molecule has 0 saturated carbocycles. The van der Waals surface area contributed by atoms with E-state index in [4.69, 9.17) is 0 Å². The molecule has 0 spiro atoms. The fourth-order valence-corrected chi connectivity index (χ4v) is 2.62. The van der Waals surface area contributed by atoms with E-state index in [1.54, 1.807) is 0 Å². The number of anilines is 1. The van der Waals surface area contributed by atoms with E-state index in [1.807, 2.05) is 39.0 Å². The lowest BCUT2D eigenvalue weighted by atomic mass is 9.95. The van der Waals surface area contributed by atoms with Crippen LogP contribution in [0.15, 0.2) is 24.3 Å². The van der Waals surface area contributed by atoms with Crippen molar-refractivity contribution in [2.45, 2.75) is 38.8 Å². The maximum absolute atomic E-state index is 12.2. The van der Waals surface area contributed by atoms with Crippen LogP contribution in [0.5, 0.6) is 0 Å². The predicted octanol–water partition coefficient (Wildman–Crippen LogP) is 1.46. The topological polar surface area (TPSA) is 52.6 Å². The van der Waals surface area contributed by atoms with Crippen LogP contribution in [0, 0.1) is 6.92 Å². The number of benzene rings is 1. The number of carbonyl (C=O) groups excluding carboxylic acids is 1. The molecule has 4 nitrogen and oxygen atoms in total. The van der Waals surface area contributed by atoms with E-state index in [9.17, 15) is 9.90 Å². The first-order valence-electron chi connectivity index (χ1n) is 6.69. The molecule has 2 N–H and O–H groups in total. The molecule has 104 valence electrons. The van der Waals surface area contributed by atoms with Crippen LogP contribution in [-0.2, 0) is 4.79 Å². The average molecular weight is 262 g/mol. The smallest absolute Gasteiger partial charge is 0.243 e. The monoisotopic (exact) mass is 262 g/mol. The highest BCUT2D eigenvalue weighted by Gasteiger charge is 2.38. The van der Waals surface area contributed by atoms with E-state index in [1.165, 1.54) is 5.56 Å². The molecule has 0 radical (unpaired) electrons. The number of nitrogens with one attached hydrogen (secondary N) is 1. The first kappa shape index (κ1) is 13.9. The van der Waals surface area contributed by atoms with Crippen molar-refractivity contribution in [3.05, 3.63) is 29.8 Å². The number of amides is 1. The van der Waals surface area contributed by atoms with E-state index < -0.39 is 0 Å². The quantitative estimate of drug-likeness (QED) is 0.867. The molecular weight excluding hydrogens is 240 g/mol. The third kappa shape index (κ3) is 3.07. The molecule has 1 saturated heterocycles. The minimum absolute atomic E-state index is 0.00759. The normalized spacial score (nSPS) is 22.2. The standard InChI is InChI=1S/C15H22N2O2/c1-11-5-4-6-12(9-11)17-10-15(2,3)16-14(19)13(17)7-8-18/h4-6,9,13,18H,7-8,10H2,1-3H3,(H,16,19). The number of piperazine rings is 1. The Morgan fingerprint density at radius 1 is 1.47 bits per heavy atom. The number of aliphatic hydroxyl groups excluding tert-OH is 1. The van der Waals surface area contributed by atoms with Crippen LogP contribution in [0.25, 0.3) is 0 Å². The Morgan fingerprint density at radius 3 is 2.84 bits per heavy atom. The minimum atomic E-state index is -0.292. The van der Waals surface area contributed by atoms with Crippen LogP contribution in [-0.4, -0.2) is 35.7 Å². The summed E-state index contributed by atoms with van der Waals surface area (Å²) >= 11 is 0. The van der Waals surface area contributed by atoms with Gasteiger partial charge in [0, 0.05) is 18.8 Å². The lowest BCUT2D eigenvalue weighted by Crippen LogP contribution is -2.65. The fraction of sp³-hybridized carbons (Fsp3) is 0.533. The molecule has 1 aliphatic rings. The summed E-state index contributed by atoms with van der Waals surface area (Å²) in [5.41, 5.74) is 1.96. The summed E-state index contributed by atoms with van der Waals surface area (Å²) < 4.78 is 0. The Balaban J connectivity index is 2.34. The number of hydrogen-bond donors (Lipinski definition) is 2. The van der Waals surface area contributed by atoms with Gasteiger partial charge in [-0.1, -0.05) is 12.1 Å². The van der Waals surface area contributed by atoms with Crippen molar-refractivity contribution < 1.29 is 9.90 Å². The van der Waals surface area contributed by atoms with Gasteiger partial charge in [0.05, 0.1) is 5.54 Å². The second-order valence-corrected chi connectivity index (χ2v) is 5.87. The predicted molar refractivity (Wildman–Crippen MR) is 76.2 cm³/mol. The molecule has 1 atom stereocenters. The number of rotatable bonds is 3. The molecule has 1 amide bonds. The zero-order valence-corrected chi connectivity index (χ0v) is 11.8. The van der Waals surface area contributed by atoms with E-state index in [2.05, 4.69) is 16.3 Å². The molecule has 1 aliphatic heterocycles. The van der Waals surface area contributed by atoms with Crippen molar-refractivity contribution in [1.29, 1.82) is 0 Å². The zero-order valence-electron chi connectivity index (χ0n) is 11.8. The Bertz CT molecular complexity index is 471. The van der Waals surface area contributed by atoms with Crippen molar-refractivity contribution in [2.24, 2.45) is 0 Å². The highest BCUT2D eigenvalue weighted by Crippen LogP contribution is 2.26. The summed E-state index contributed by atoms with van der Waals surface area (Å²) in [7, 11) is 0. The zero-order chi connectivity index (χ0) is 14.0.